The molecule has 0 N–H and O–H groups in total. The van der Waals surface area contributed by atoms with E-state index in [4.69, 9.17) is 4.74 Å². The lowest BCUT2D eigenvalue weighted by Gasteiger charge is -2.30. The smallest absolute Gasteiger partial charge is 0.162 e. The van der Waals surface area contributed by atoms with Gasteiger partial charge in [0.25, 0.3) is 0 Å². The summed E-state index contributed by atoms with van der Waals surface area (Å²) >= 11 is 0. The summed E-state index contributed by atoms with van der Waals surface area (Å²) in [6.45, 7) is 7.02. The van der Waals surface area contributed by atoms with Gasteiger partial charge in [0, 0.05) is 5.92 Å². The highest BCUT2D eigenvalue weighted by atomic mass is 16.5. The van der Waals surface area contributed by atoms with Crippen molar-refractivity contribution in [1.29, 1.82) is 0 Å². The summed E-state index contributed by atoms with van der Waals surface area (Å²) < 4.78 is 5.84. The van der Waals surface area contributed by atoms with E-state index in [1.54, 1.807) is 0 Å². The zero-order chi connectivity index (χ0) is 18.5. The molecule has 0 bridgehead atoms. The quantitative estimate of drug-likeness (QED) is 0.627. The SMILES string of the molecule is CC(C)[C@H]1CC[C@@H](C)/C(=C\c2ccc(OCc3ccccc3)cc2)C1=O. The topological polar surface area (TPSA) is 26.3 Å². The van der Waals surface area contributed by atoms with Crippen molar-refractivity contribution in [2.45, 2.75) is 40.2 Å². The first-order chi connectivity index (χ1) is 12.5. The normalized spacial score (nSPS) is 22.0. The van der Waals surface area contributed by atoms with Crippen molar-refractivity contribution in [2.75, 3.05) is 0 Å². The average molecular weight is 348 g/mol. The third kappa shape index (κ3) is 4.43. The molecule has 0 aromatic heterocycles. The Morgan fingerprint density at radius 3 is 2.38 bits per heavy atom. The lowest BCUT2D eigenvalue weighted by molar-refractivity contribution is -0.122. The Hall–Kier alpha value is -2.35. The second-order valence-electron chi connectivity index (χ2n) is 7.64. The highest BCUT2D eigenvalue weighted by Crippen LogP contribution is 2.35. The molecule has 2 heteroatoms. The van der Waals surface area contributed by atoms with Gasteiger partial charge in [0.05, 0.1) is 0 Å². The van der Waals surface area contributed by atoms with Gasteiger partial charge >= 0.3 is 0 Å². The van der Waals surface area contributed by atoms with Gasteiger partial charge in [-0.1, -0.05) is 63.2 Å². The predicted molar refractivity (Wildman–Crippen MR) is 107 cm³/mol. The van der Waals surface area contributed by atoms with Crippen molar-refractivity contribution in [2.24, 2.45) is 17.8 Å². The molecule has 26 heavy (non-hydrogen) atoms. The molecule has 0 saturated heterocycles. The number of allylic oxidation sites excluding steroid dienone is 1. The van der Waals surface area contributed by atoms with Gasteiger partial charge in [0.15, 0.2) is 5.78 Å². The first-order valence-corrected chi connectivity index (χ1v) is 9.57. The fourth-order valence-electron chi connectivity index (χ4n) is 3.60. The molecule has 2 nitrogen and oxygen atoms in total. The van der Waals surface area contributed by atoms with Crippen molar-refractivity contribution in [3.05, 3.63) is 71.3 Å². The predicted octanol–water partition coefficient (Wildman–Crippen LogP) is 5.92. The molecule has 1 saturated carbocycles. The van der Waals surface area contributed by atoms with Crippen LogP contribution >= 0.6 is 0 Å². The van der Waals surface area contributed by atoms with Crippen LogP contribution in [0.15, 0.2) is 60.2 Å². The maximum atomic E-state index is 12.8. The van der Waals surface area contributed by atoms with E-state index in [0.29, 0.717) is 24.2 Å². The van der Waals surface area contributed by atoms with Crippen molar-refractivity contribution < 1.29 is 9.53 Å². The Balaban J connectivity index is 1.69. The van der Waals surface area contributed by atoms with Crippen LogP contribution in [0.5, 0.6) is 5.75 Å². The summed E-state index contributed by atoms with van der Waals surface area (Å²) in [6.07, 6.45) is 4.18. The van der Waals surface area contributed by atoms with E-state index in [2.05, 4.69) is 39.0 Å². The van der Waals surface area contributed by atoms with Gasteiger partial charge < -0.3 is 4.74 Å². The molecule has 0 spiro atoms. The summed E-state index contributed by atoms with van der Waals surface area (Å²) in [4.78, 5) is 12.8. The van der Waals surface area contributed by atoms with Crippen LogP contribution in [0.1, 0.15) is 44.7 Å². The molecule has 2 aromatic carbocycles. The molecule has 0 aliphatic heterocycles. The van der Waals surface area contributed by atoms with Crippen LogP contribution in [0.25, 0.3) is 6.08 Å². The van der Waals surface area contributed by atoms with Crippen molar-refractivity contribution in [1.82, 2.24) is 0 Å². The number of carbonyl (C=O) groups is 1. The van der Waals surface area contributed by atoms with Crippen LogP contribution in [0.4, 0.5) is 0 Å². The second-order valence-corrected chi connectivity index (χ2v) is 7.64. The van der Waals surface area contributed by atoms with E-state index < -0.39 is 0 Å². The number of ketones is 1. The lowest BCUT2D eigenvalue weighted by Crippen LogP contribution is -2.30. The summed E-state index contributed by atoms with van der Waals surface area (Å²) in [5.41, 5.74) is 3.20. The highest BCUT2D eigenvalue weighted by Gasteiger charge is 2.32. The minimum Gasteiger partial charge on any atom is -0.489 e. The number of hydrogen-bond donors (Lipinski definition) is 0. The van der Waals surface area contributed by atoms with Crippen molar-refractivity contribution >= 4 is 11.9 Å². The first-order valence-electron chi connectivity index (χ1n) is 9.57. The standard InChI is InChI=1S/C24H28O2/c1-17(2)22-14-9-18(3)23(24(22)25)15-19-10-12-21(13-11-19)26-16-20-7-5-4-6-8-20/h4-8,10-13,15,17-18,22H,9,14,16H2,1-3H3/b23-15+/t18-,22-/m1/s1. The van der Waals surface area contributed by atoms with Crippen LogP contribution in [0.2, 0.25) is 0 Å². The van der Waals surface area contributed by atoms with Crippen LogP contribution in [0.3, 0.4) is 0 Å². The number of Topliss-reactive ketones (excluding diaryl/α,β-unsaturated/α-hetero) is 1. The molecule has 1 aliphatic carbocycles. The van der Waals surface area contributed by atoms with Gasteiger partial charge in [-0.15, -0.1) is 0 Å². The van der Waals surface area contributed by atoms with Gasteiger partial charge in [-0.3, -0.25) is 4.79 Å². The average Bonchev–Trinajstić information content (AvgIpc) is 2.65. The van der Waals surface area contributed by atoms with E-state index >= 15 is 0 Å². The number of benzene rings is 2. The fourth-order valence-corrected chi connectivity index (χ4v) is 3.60. The molecule has 2 atom stereocenters. The number of rotatable bonds is 5. The van der Waals surface area contributed by atoms with Crippen LogP contribution in [-0.4, -0.2) is 5.78 Å². The molecule has 1 aliphatic rings. The van der Waals surface area contributed by atoms with Crippen molar-refractivity contribution in [3.63, 3.8) is 0 Å². The second kappa shape index (κ2) is 8.35. The van der Waals surface area contributed by atoms with E-state index in [0.717, 1.165) is 35.3 Å². The molecule has 2 aromatic rings. The van der Waals surface area contributed by atoms with E-state index in [1.807, 2.05) is 42.5 Å². The molecule has 0 amide bonds. The molecule has 0 heterocycles. The summed E-state index contributed by atoms with van der Waals surface area (Å²) in [6, 6.07) is 18.2. The minimum absolute atomic E-state index is 0.172. The molecular weight excluding hydrogens is 320 g/mol. The van der Waals surface area contributed by atoms with Gasteiger partial charge in [-0.2, -0.15) is 0 Å². The molecule has 136 valence electrons. The Morgan fingerprint density at radius 1 is 1.04 bits per heavy atom. The summed E-state index contributed by atoms with van der Waals surface area (Å²) in [5.74, 6) is 2.10. The van der Waals surface area contributed by atoms with Crippen LogP contribution < -0.4 is 4.74 Å². The fraction of sp³-hybridized carbons (Fsp3) is 0.375. The maximum absolute atomic E-state index is 12.8. The molecule has 3 rings (SSSR count). The number of ether oxygens (including phenoxy) is 1. The summed E-state index contributed by atoms with van der Waals surface area (Å²) in [7, 11) is 0. The molecule has 0 radical (unpaired) electrons. The van der Waals surface area contributed by atoms with Crippen LogP contribution in [0, 0.1) is 17.8 Å². The largest absolute Gasteiger partial charge is 0.489 e. The molecule has 0 unspecified atom stereocenters. The van der Waals surface area contributed by atoms with E-state index in [-0.39, 0.29) is 5.92 Å². The Bertz CT molecular complexity index is 757. The van der Waals surface area contributed by atoms with Gasteiger partial charge in [-0.25, -0.2) is 0 Å². The number of hydrogen-bond acceptors (Lipinski definition) is 2. The monoisotopic (exact) mass is 348 g/mol. The zero-order valence-corrected chi connectivity index (χ0v) is 15.9. The van der Waals surface area contributed by atoms with Crippen molar-refractivity contribution in [3.8, 4) is 5.75 Å². The molecular formula is C24H28O2. The third-order valence-corrected chi connectivity index (χ3v) is 5.32. The van der Waals surface area contributed by atoms with E-state index in [9.17, 15) is 4.79 Å². The lowest BCUT2D eigenvalue weighted by atomic mass is 9.73. The van der Waals surface area contributed by atoms with E-state index in [1.165, 1.54) is 0 Å². The Labute approximate surface area is 156 Å². The maximum Gasteiger partial charge on any atom is 0.162 e. The minimum atomic E-state index is 0.172. The first kappa shape index (κ1) is 18.4. The van der Waals surface area contributed by atoms with Gasteiger partial charge in [0.1, 0.15) is 12.4 Å². The van der Waals surface area contributed by atoms with Crippen LogP contribution in [-0.2, 0) is 11.4 Å². The third-order valence-electron chi connectivity index (χ3n) is 5.32. The highest BCUT2D eigenvalue weighted by molar-refractivity contribution is 6.02. The Morgan fingerprint density at radius 2 is 1.73 bits per heavy atom. The van der Waals surface area contributed by atoms with Gasteiger partial charge in [-0.05, 0) is 59.6 Å². The summed E-state index contributed by atoms with van der Waals surface area (Å²) in [5, 5.41) is 0. The molecule has 1 fully saturated rings. The Kier molecular flexibility index (Phi) is 5.92. The zero-order valence-electron chi connectivity index (χ0n) is 15.9. The van der Waals surface area contributed by atoms with Gasteiger partial charge in [0.2, 0.25) is 0 Å². The number of carbonyl (C=O) groups excluding carboxylic acids is 1.